The van der Waals surface area contributed by atoms with Crippen LogP contribution >= 0.6 is 15.9 Å². The normalized spacial score (nSPS) is 19.5. The van der Waals surface area contributed by atoms with E-state index in [2.05, 4.69) is 15.9 Å². The standard InChI is InChI=1S/C11H10BrF3O2/c12-8-3-1-7(2-4-8)9(11(13,14)15)10-16-5-6-17-10/h1-4,9-10H,5-6H2. The molecule has 1 heterocycles. The first kappa shape index (κ1) is 12.9. The largest absolute Gasteiger partial charge is 0.400 e. The molecule has 1 fully saturated rings. The van der Waals surface area contributed by atoms with E-state index >= 15 is 0 Å². The van der Waals surface area contributed by atoms with E-state index in [1.165, 1.54) is 12.1 Å². The topological polar surface area (TPSA) is 18.5 Å². The van der Waals surface area contributed by atoms with Crippen LogP contribution in [0.15, 0.2) is 28.7 Å². The molecule has 0 aromatic heterocycles. The maximum absolute atomic E-state index is 13.0. The first-order chi connectivity index (χ1) is 7.98. The molecule has 1 aromatic carbocycles. The summed E-state index contributed by atoms with van der Waals surface area (Å²) in [5.74, 6) is -1.74. The zero-order valence-electron chi connectivity index (χ0n) is 8.71. The summed E-state index contributed by atoms with van der Waals surface area (Å²) in [6, 6.07) is 5.99. The Morgan fingerprint density at radius 1 is 1.12 bits per heavy atom. The van der Waals surface area contributed by atoms with Crippen molar-refractivity contribution in [2.24, 2.45) is 0 Å². The van der Waals surface area contributed by atoms with E-state index in [4.69, 9.17) is 9.47 Å². The molecule has 0 saturated carbocycles. The summed E-state index contributed by atoms with van der Waals surface area (Å²) in [5.41, 5.74) is 0.146. The van der Waals surface area contributed by atoms with Gasteiger partial charge in [0, 0.05) is 4.47 Å². The molecule has 6 heteroatoms. The SMILES string of the molecule is FC(F)(F)C(c1ccc(Br)cc1)C1OCCO1. The van der Waals surface area contributed by atoms with Crippen LogP contribution in [0.4, 0.5) is 13.2 Å². The molecule has 1 aromatic rings. The van der Waals surface area contributed by atoms with Crippen LogP contribution in [0.5, 0.6) is 0 Å². The number of ether oxygens (including phenoxy) is 2. The molecule has 1 unspecified atom stereocenters. The second-order valence-corrected chi connectivity index (χ2v) is 4.60. The van der Waals surface area contributed by atoms with Gasteiger partial charge in [0.15, 0.2) is 6.29 Å². The van der Waals surface area contributed by atoms with Gasteiger partial charge in [0.2, 0.25) is 0 Å². The molecule has 1 aliphatic heterocycles. The van der Waals surface area contributed by atoms with E-state index < -0.39 is 18.4 Å². The van der Waals surface area contributed by atoms with Crippen LogP contribution in [-0.2, 0) is 9.47 Å². The van der Waals surface area contributed by atoms with Gasteiger partial charge in [0.25, 0.3) is 0 Å². The summed E-state index contributed by atoms with van der Waals surface area (Å²) in [7, 11) is 0. The minimum atomic E-state index is -4.39. The minimum absolute atomic E-state index is 0.146. The third kappa shape index (κ3) is 3.00. The van der Waals surface area contributed by atoms with E-state index in [1.807, 2.05) is 0 Å². The Kier molecular flexibility index (Phi) is 3.75. The average molecular weight is 311 g/mol. The van der Waals surface area contributed by atoms with Crippen molar-refractivity contribution < 1.29 is 22.6 Å². The Balaban J connectivity index is 2.29. The molecule has 17 heavy (non-hydrogen) atoms. The van der Waals surface area contributed by atoms with E-state index in [0.29, 0.717) is 0 Å². The summed E-state index contributed by atoms with van der Waals surface area (Å²) >= 11 is 3.18. The molecule has 1 atom stereocenters. The highest BCUT2D eigenvalue weighted by Gasteiger charge is 2.48. The number of hydrogen-bond acceptors (Lipinski definition) is 2. The number of rotatable bonds is 2. The van der Waals surface area contributed by atoms with Crippen LogP contribution < -0.4 is 0 Å². The summed E-state index contributed by atoms with van der Waals surface area (Å²) < 4.78 is 49.6. The lowest BCUT2D eigenvalue weighted by Gasteiger charge is -2.25. The molecule has 0 aliphatic carbocycles. The number of benzene rings is 1. The first-order valence-electron chi connectivity index (χ1n) is 5.04. The van der Waals surface area contributed by atoms with E-state index in [9.17, 15) is 13.2 Å². The van der Waals surface area contributed by atoms with Crippen molar-refractivity contribution in [3.8, 4) is 0 Å². The quantitative estimate of drug-likeness (QED) is 0.833. The third-order valence-corrected chi connectivity index (χ3v) is 3.03. The maximum Gasteiger partial charge on any atom is 0.400 e. The Morgan fingerprint density at radius 2 is 1.65 bits per heavy atom. The highest BCUT2D eigenvalue weighted by atomic mass is 79.9. The van der Waals surface area contributed by atoms with Crippen LogP contribution in [-0.4, -0.2) is 25.7 Å². The Hall–Kier alpha value is -0.590. The summed E-state index contributed by atoms with van der Waals surface area (Å²) in [6.45, 7) is 0.404. The fourth-order valence-corrected chi connectivity index (χ4v) is 2.00. The lowest BCUT2D eigenvalue weighted by Crippen LogP contribution is -2.32. The molecule has 1 saturated heterocycles. The monoisotopic (exact) mass is 310 g/mol. The Labute approximate surface area is 105 Å². The van der Waals surface area contributed by atoms with Crippen molar-refractivity contribution in [2.45, 2.75) is 18.4 Å². The molecule has 0 spiro atoms. The highest BCUT2D eigenvalue weighted by molar-refractivity contribution is 9.10. The van der Waals surface area contributed by atoms with E-state index in [-0.39, 0.29) is 18.8 Å². The van der Waals surface area contributed by atoms with Gasteiger partial charge < -0.3 is 9.47 Å². The van der Waals surface area contributed by atoms with Crippen LogP contribution in [0.2, 0.25) is 0 Å². The van der Waals surface area contributed by atoms with Gasteiger partial charge in [-0.25, -0.2) is 0 Å². The molecule has 1 aliphatic rings. The second-order valence-electron chi connectivity index (χ2n) is 3.68. The van der Waals surface area contributed by atoms with Crippen molar-refractivity contribution in [1.29, 1.82) is 0 Å². The van der Waals surface area contributed by atoms with Gasteiger partial charge in [-0.1, -0.05) is 28.1 Å². The van der Waals surface area contributed by atoms with Gasteiger partial charge in [0.1, 0.15) is 5.92 Å². The summed E-state index contributed by atoms with van der Waals surface area (Å²) in [5, 5.41) is 0. The molecule has 0 amide bonds. The molecular weight excluding hydrogens is 301 g/mol. The van der Waals surface area contributed by atoms with Gasteiger partial charge in [-0.2, -0.15) is 13.2 Å². The second kappa shape index (κ2) is 4.96. The number of halogens is 4. The molecule has 94 valence electrons. The van der Waals surface area contributed by atoms with Gasteiger partial charge in [0.05, 0.1) is 13.2 Å². The average Bonchev–Trinajstić information content (AvgIpc) is 2.72. The van der Waals surface area contributed by atoms with Gasteiger partial charge >= 0.3 is 6.18 Å². The van der Waals surface area contributed by atoms with Gasteiger partial charge in [-0.15, -0.1) is 0 Å². The zero-order valence-corrected chi connectivity index (χ0v) is 10.3. The Bertz CT molecular complexity index is 371. The smallest absolute Gasteiger partial charge is 0.349 e. The molecule has 2 nitrogen and oxygen atoms in total. The molecule has 2 rings (SSSR count). The summed E-state index contributed by atoms with van der Waals surface area (Å²) in [4.78, 5) is 0. The molecule has 0 radical (unpaired) electrons. The minimum Gasteiger partial charge on any atom is -0.349 e. The lowest BCUT2D eigenvalue weighted by atomic mass is 9.98. The zero-order chi connectivity index (χ0) is 12.5. The highest BCUT2D eigenvalue weighted by Crippen LogP contribution is 2.40. The van der Waals surface area contributed by atoms with Gasteiger partial charge in [-0.05, 0) is 17.7 Å². The lowest BCUT2D eigenvalue weighted by molar-refractivity contribution is -0.207. The molecular formula is C11H10BrF3O2. The first-order valence-corrected chi connectivity index (χ1v) is 5.83. The summed E-state index contributed by atoms with van der Waals surface area (Å²) in [6.07, 6.45) is -5.63. The van der Waals surface area contributed by atoms with E-state index in [0.717, 1.165) is 4.47 Å². The van der Waals surface area contributed by atoms with Crippen molar-refractivity contribution in [3.05, 3.63) is 34.3 Å². The molecule has 0 N–H and O–H groups in total. The fraction of sp³-hybridized carbons (Fsp3) is 0.455. The molecule has 0 bridgehead atoms. The van der Waals surface area contributed by atoms with E-state index in [1.54, 1.807) is 12.1 Å². The number of alkyl halides is 3. The van der Waals surface area contributed by atoms with Crippen LogP contribution in [0, 0.1) is 0 Å². The maximum atomic E-state index is 13.0. The Morgan fingerprint density at radius 3 is 2.12 bits per heavy atom. The van der Waals surface area contributed by atoms with Gasteiger partial charge in [-0.3, -0.25) is 0 Å². The van der Waals surface area contributed by atoms with Crippen LogP contribution in [0.25, 0.3) is 0 Å². The predicted octanol–water partition coefficient (Wildman–Crippen LogP) is 3.47. The van der Waals surface area contributed by atoms with Crippen molar-refractivity contribution in [3.63, 3.8) is 0 Å². The third-order valence-electron chi connectivity index (χ3n) is 2.50. The van der Waals surface area contributed by atoms with Crippen molar-refractivity contribution in [1.82, 2.24) is 0 Å². The number of hydrogen-bond donors (Lipinski definition) is 0. The fourth-order valence-electron chi connectivity index (χ4n) is 1.74. The predicted molar refractivity (Wildman–Crippen MR) is 58.6 cm³/mol. The van der Waals surface area contributed by atoms with Crippen molar-refractivity contribution in [2.75, 3.05) is 13.2 Å². The van der Waals surface area contributed by atoms with Crippen molar-refractivity contribution >= 4 is 15.9 Å². The van der Waals surface area contributed by atoms with Crippen LogP contribution in [0.3, 0.4) is 0 Å². The van der Waals surface area contributed by atoms with Crippen LogP contribution in [0.1, 0.15) is 11.5 Å².